The second-order valence-electron chi connectivity index (χ2n) is 7.52. The van der Waals surface area contributed by atoms with Gasteiger partial charge in [0.2, 0.25) is 0 Å². The van der Waals surface area contributed by atoms with Gasteiger partial charge in [-0.15, -0.1) is 11.3 Å². The van der Waals surface area contributed by atoms with Crippen molar-refractivity contribution < 1.29 is 19.4 Å². The van der Waals surface area contributed by atoms with E-state index in [9.17, 15) is 14.7 Å². The van der Waals surface area contributed by atoms with Crippen molar-refractivity contribution in [3.8, 4) is 11.1 Å². The van der Waals surface area contributed by atoms with Gasteiger partial charge in [0.25, 0.3) is 0 Å². The molecule has 0 spiro atoms. The van der Waals surface area contributed by atoms with E-state index in [0.717, 1.165) is 27.2 Å². The number of carboxylic acid groups (broad SMARTS) is 1. The average Bonchev–Trinajstić information content (AvgIpc) is 3.41. The van der Waals surface area contributed by atoms with Gasteiger partial charge in [0.1, 0.15) is 23.8 Å². The largest absolute Gasteiger partial charge is 0.480 e. The second-order valence-corrected chi connectivity index (χ2v) is 8.42. The summed E-state index contributed by atoms with van der Waals surface area (Å²) in [6, 6.07) is 16.7. The Hall–Kier alpha value is -3.78. The molecular formula is C24H19N3O4S. The van der Waals surface area contributed by atoms with Crippen molar-refractivity contribution in [3.05, 3.63) is 77.4 Å². The van der Waals surface area contributed by atoms with Gasteiger partial charge in [0, 0.05) is 5.92 Å². The maximum atomic E-state index is 13.2. The van der Waals surface area contributed by atoms with Gasteiger partial charge < -0.3 is 9.84 Å². The van der Waals surface area contributed by atoms with Crippen LogP contribution in [0.3, 0.4) is 0 Å². The summed E-state index contributed by atoms with van der Waals surface area (Å²) in [7, 11) is 0. The van der Waals surface area contributed by atoms with Crippen molar-refractivity contribution in [3.63, 3.8) is 0 Å². The molecule has 0 bridgehead atoms. The van der Waals surface area contributed by atoms with Crippen LogP contribution in [-0.4, -0.2) is 39.8 Å². The number of fused-ring (bicyclic) bond motifs is 4. The fourth-order valence-corrected chi connectivity index (χ4v) is 4.90. The first-order valence-electron chi connectivity index (χ1n) is 10.1. The van der Waals surface area contributed by atoms with Crippen LogP contribution in [0.1, 0.15) is 24.0 Å². The normalized spacial score (nSPS) is 13.4. The zero-order chi connectivity index (χ0) is 22.2. The number of anilines is 1. The summed E-state index contributed by atoms with van der Waals surface area (Å²) in [5.74, 6) is -1.05. The van der Waals surface area contributed by atoms with Gasteiger partial charge in [-0.25, -0.2) is 24.5 Å². The van der Waals surface area contributed by atoms with Crippen molar-refractivity contribution in [1.29, 1.82) is 0 Å². The molecule has 0 radical (unpaired) electrons. The summed E-state index contributed by atoms with van der Waals surface area (Å²) in [5.41, 5.74) is 4.41. The van der Waals surface area contributed by atoms with Crippen molar-refractivity contribution in [2.24, 2.45) is 0 Å². The number of hydrogen-bond donors (Lipinski definition) is 1. The third-order valence-corrected chi connectivity index (χ3v) is 6.57. The highest BCUT2D eigenvalue weighted by Gasteiger charge is 2.34. The third kappa shape index (κ3) is 3.29. The zero-order valence-electron chi connectivity index (χ0n) is 17.1. The van der Waals surface area contributed by atoms with Crippen LogP contribution in [0.5, 0.6) is 0 Å². The van der Waals surface area contributed by atoms with E-state index in [2.05, 4.69) is 22.1 Å². The predicted molar refractivity (Wildman–Crippen MR) is 122 cm³/mol. The topological polar surface area (TPSA) is 92.6 Å². The molecule has 1 amide bonds. The molecule has 160 valence electrons. The lowest BCUT2D eigenvalue weighted by Crippen LogP contribution is -2.44. The maximum Gasteiger partial charge on any atom is 0.416 e. The minimum Gasteiger partial charge on any atom is -0.480 e. The summed E-state index contributed by atoms with van der Waals surface area (Å²) in [4.78, 5) is 35.2. The lowest BCUT2D eigenvalue weighted by molar-refractivity contribution is -0.138. The molecule has 8 heteroatoms. The molecule has 1 aliphatic rings. The van der Waals surface area contributed by atoms with E-state index in [1.807, 2.05) is 41.8 Å². The molecule has 0 saturated heterocycles. The predicted octanol–water partition coefficient (Wildman–Crippen LogP) is 4.92. The van der Waals surface area contributed by atoms with Crippen molar-refractivity contribution >= 4 is 39.4 Å². The molecule has 2 aromatic heterocycles. The third-order valence-electron chi connectivity index (χ3n) is 5.75. The van der Waals surface area contributed by atoms with Crippen LogP contribution in [0.2, 0.25) is 0 Å². The zero-order valence-corrected chi connectivity index (χ0v) is 18.0. The minimum atomic E-state index is -1.16. The monoisotopic (exact) mass is 445 g/mol. The first kappa shape index (κ1) is 20.1. The highest BCUT2D eigenvalue weighted by atomic mass is 32.1. The van der Waals surface area contributed by atoms with Crippen LogP contribution < -0.4 is 4.90 Å². The average molecular weight is 446 g/mol. The van der Waals surface area contributed by atoms with Crippen molar-refractivity contribution in [1.82, 2.24) is 9.97 Å². The van der Waals surface area contributed by atoms with Crippen molar-refractivity contribution in [2.45, 2.75) is 18.9 Å². The molecule has 4 aromatic rings. The number of benzene rings is 2. The number of carbonyl (C=O) groups excluding carboxylic acids is 1. The molecule has 1 atom stereocenters. The number of hydrogen-bond acceptors (Lipinski definition) is 6. The van der Waals surface area contributed by atoms with Crippen LogP contribution in [0.25, 0.3) is 21.3 Å². The van der Waals surface area contributed by atoms with Crippen LogP contribution in [0.15, 0.2) is 66.3 Å². The van der Waals surface area contributed by atoms with Crippen LogP contribution >= 0.6 is 11.3 Å². The molecule has 5 rings (SSSR count). The number of rotatable bonds is 5. The van der Waals surface area contributed by atoms with E-state index >= 15 is 0 Å². The quantitative estimate of drug-likeness (QED) is 0.469. The van der Waals surface area contributed by atoms with Crippen LogP contribution in [0, 0.1) is 0 Å². The minimum absolute atomic E-state index is 0.0908. The number of amides is 1. The van der Waals surface area contributed by atoms with Gasteiger partial charge in [-0.05, 0) is 40.6 Å². The Kier molecular flexibility index (Phi) is 5.07. The lowest BCUT2D eigenvalue weighted by atomic mass is 9.98. The van der Waals surface area contributed by atoms with Gasteiger partial charge in [-0.1, -0.05) is 48.5 Å². The summed E-state index contributed by atoms with van der Waals surface area (Å²) in [5, 5.41) is 12.1. The Labute approximate surface area is 187 Å². The summed E-state index contributed by atoms with van der Waals surface area (Å²) < 4.78 is 5.72. The molecule has 0 unspecified atom stereocenters. The molecule has 0 aliphatic heterocycles. The SMILES string of the molecule is C[C@@H](C(=O)O)N(C(=O)OCC1c2ccccc2-c2ccccc21)c1ncnc2sccc12. The maximum absolute atomic E-state index is 13.2. The summed E-state index contributed by atoms with van der Waals surface area (Å²) in [6.07, 6.45) is 0.569. The highest BCUT2D eigenvalue weighted by Crippen LogP contribution is 2.44. The van der Waals surface area contributed by atoms with E-state index in [-0.39, 0.29) is 18.3 Å². The molecule has 7 nitrogen and oxygen atoms in total. The van der Waals surface area contributed by atoms with E-state index in [4.69, 9.17) is 4.74 Å². The second kappa shape index (κ2) is 8.05. The summed E-state index contributed by atoms with van der Waals surface area (Å²) in [6.45, 7) is 1.53. The highest BCUT2D eigenvalue weighted by molar-refractivity contribution is 7.16. The Morgan fingerprint density at radius 3 is 2.38 bits per heavy atom. The van der Waals surface area contributed by atoms with Gasteiger partial charge in [0.05, 0.1) is 5.39 Å². The molecule has 0 saturated carbocycles. The Balaban J connectivity index is 1.46. The molecule has 0 fully saturated rings. The Morgan fingerprint density at radius 1 is 1.06 bits per heavy atom. The number of ether oxygens (including phenoxy) is 1. The number of carboxylic acids is 1. The van der Waals surface area contributed by atoms with E-state index in [1.54, 1.807) is 6.07 Å². The van der Waals surface area contributed by atoms with Crippen molar-refractivity contribution in [2.75, 3.05) is 11.5 Å². The van der Waals surface area contributed by atoms with E-state index < -0.39 is 18.1 Å². The first-order chi connectivity index (χ1) is 15.6. The first-order valence-corrected chi connectivity index (χ1v) is 11.0. The van der Waals surface area contributed by atoms with Crippen LogP contribution in [-0.2, 0) is 9.53 Å². The van der Waals surface area contributed by atoms with Crippen LogP contribution in [0.4, 0.5) is 10.6 Å². The molecule has 1 aliphatic carbocycles. The number of nitrogens with zero attached hydrogens (tertiary/aromatic N) is 3. The standard InChI is InChI=1S/C24H19N3O4S/c1-14(23(28)29)27(21-19-10-11-32-22(19)26-13-25-21)24(30)31-12-20-17-8-4-2-6-15(17)16-7-3-5-9-18(16)20/h2-11,13-14,20H,12H2,1H3,(H,28,29)/t14-/m0/s1. The number of carbonyl (C=O) groups is 2. The number of aliphatic carboxylic acids is 1. The van der Waals surface area contributed by atoms with Gasteiger partial charge in [-0.3, -0.25) is 0 Å². The Morgan fingerprint density at radius 2 is 1.72 bits per heavy atom. The summed E-state index contributed by atoms with van der Waals surface area (Å²) >= 11 is 1.39. The molecule has 32 heavy (non-hydrogen) atoms. The molecule has 2 heterocycles. The smallest absolute Gasteiger partial charge is 0.416 e. The van der Waals surface area contributed by atoms with Gasteiger partial charge in [0.15, 0.2) is 5.82 Å². The van der Waals surface area contributed by atoms with E-state index in [1.165, 1.54) is 24.6 Å². The van der Waals surface area contributed by atoms with Gasteiger partial charge in [-0.2, -0.15) is 0 Å². The number of aromatic nitrogens is 2. The van der Waals surface area contributed by atoms with Gasteiger partial charge >= 0.3 is 12.1 Å². The van der Waals surface area contributed by atoms with E-state index in [0.29, 0.717) is 10.2 Å². The number of thiophene rings is 1. The Bertz CT molecular complexity index is 1290. The lowest BCUT2D eigenvalue weighted by Gasteiger charge is -2.26. The molecule has 2 aromatic carbocycles. The molecule has 1 N–H and O–H groups in total. The fraction of sp³-hybridized carbons (Fsp3) is 0.167. The fourth-order valence-electron chi connectivity index (χ4n) is 4.17. The molecular weight excluding hydrogens is 426 g/mol.